The van der Waals surface area contributed by atoms with E-state index in [0.29, 0.717) is 40.6 Å². The molecule has 37 heavy (non-hydrogen) atoms. The van der Waals surface area contributed by atoms with Crippen LogP contribution in [0, 0.1) is 20.8 Å². The maximum atomic E-state index is 13.0. The van der Waals surface area contributed by atoms with E-state index in [2.05, 4.69) is 21.9 Å². The van der Waals surface area contributed by atoms with Crippen LogP contribution in [0.2, 0.25) is 10.0 Å². The SMILES string of the molecule is Cc1cc(C)c2c(CC(=O)N/N=C3\CCCc4oc(C(=O)Nc5cccc(Cl)c5Cl)c(C)c43)coc2c1. The Bertz CT molecular complexity index is 1580. The highest BCUT2D eigenvalue weighted by Crippen LogP contribution is 2.33. The number of rotatable bonds is 5. The molecular weight excluding hydrogens is 513 g/mol. The molecular formula is C28H25Cl2N3O4. The van der Waals surface area contributed by atoms with Crippen molar-refractivity contribution in [3.05, 3.63) is 86.0 Å². The summed E-state index contributed by atoms with van der Waals surface area (Å²) < 4.78 is 11.6. The number of furan rings is 2. The van der Waals surface area contributed by atoms with Crippen molar-refractivity contribution in [3.8, 4) is 0 Å². The first kappa shape index (κ1) is 25.1. The van der Waals surface area contributed by atoms with Crippen molar-refractivity contribution in [2.45, 2.75) is 46.5 Å². The van der Waals surface area contributed by atoms with E-state index < -0.39 is 5.91 Å². The number of anilines is 1. The van der Waals surface area contributed by atoms with Crippen LogP contribution in [0.1, 0.15) is 57.0 Å². The molecule has 0 unspecified atom stereocenters. The average Bonchev–Trinajstić information content (AvgIpc) is 3.41. The van der Waals surface area contributed by atoms with Crippen molar-refractivity contribution < 1.29 is 18.4 Å². The van der Waals surface area contributed by atoms with Gasteiger partial charge in [-0.15, -0.1) is 0 Å². The molecule has 1 aliphatic carbocycles. The van der Waals surface area contributed by atoms with Gasteiger partial charge in [0.2, 0.25) is 5.91 Å². The second-order valence-corrected chi connectivity index (χ2v) is 10.0. The van der Waals surface area contributed by atoms with E-state index in [1.165, 1.54) is 0 Å². The molecule has 2 amide bonds. The van der Waals surface area contributed by atoms with Crippen LogP contribution in [0.15, 0.2) is 50.5 Å². The minimum absolute atomic E-state index is 0.138. The smallest absolute Gasteiger partial charge is 0.291 e. The van der Waals surface area contributed by atoms with Gasteiger partial charge in [-0.2, -0.15) is 5.10 Å². The lowest BCUT2D eigenvalue weighted by molar-refractivity contribution is -0.120. The molecule has 0 spiro atoms. The van der Waals surface area contributed by atoms with Crippen molar-refractivity contribution >= 4 is 57.4 Å². The van der Waals surface area contributed by atoms with Crippen LogP contribution in [0.4, 0.5) is 5.69 Å². The van der Waals surface area contributed by atoms with Crippen LogP contribution in [-0.2, 0) is 17.6 Å². The van der Waals surface area contributed by atoms with E-state index in [4.69, 9.17) is 32.0 Å². The summed E-state index contributed by atoms with van der Waals surface area (Å²) in [5, 5.41) is 8.73. The summed E-state index contributed by atoms with van der Waals surface area (Å²) >= 11 is 12.3. The van der Waals surface area contributed by atoms with Crippen LogP contribution in [-0.4, -0.2) is 17.5 Å². The van der Waals surface area contributed by atoms with E-state index >= 15 is 0 Å². The molecule has 0 atom stereocenters. The predicted molar refractivity (Wildman–Crippen MR) is 145 cm³/mol. The summed E-state index contributed by atoms with van der Waals surface area (Å²) in [7, 11) is 0. The highest BCUT2D eigenvalue weighted by molar-refractivity contribution is 6.44. The van der Waals surface area contributed by atoms with Gasteiger partial charge in [-0.3, -0.25) is 9.59 Å². The largest absolute Gasteiger partial charge is 0.464 e. The Morgan fingerprint density at radius 2 is 1.92 bits per heavy atom. The first-order chi connectivity index (χ1) is 17.7. The average molecular weight is 538 g/mol. The summed E-state index contributed by atoms with van der Waals surface area (Å²) in [4.78, 5) is 25.8. The number of amides is 2. The zero-order valence-electron chi connectivity index (χ0n) is 20.6. The van der Waals surface area contributed by atoms with Gasteiger partial charge in [-0.1, -0.05) is 35.3 Å². The van der Waals surface area contributed by atoms with Gasteiger partial charge in [-0.25, -0.2) is 5.43 Å². The molecule has 9 heteroatoms. The van der Waals surface area contributed by atoms with Crippen molar-refractivity contribution in [1.82, 2.24) is 5.43 Å². The Morgan fingerprint density at radius 3 is 2.73 bits per heavy atom. The zero-order valence-corrected chi connectivity index (χ0v) is 22.1. The number of benzene rings is 2. The molecule has 2 N–H and O–H groups in total. The van der Waals surface area contributed by atoms with Gasteiger partial charge < -0.3 is 14.2 Å². The zero-order chi connectivity index (χ0) is 26.3. The van der Waals surface area contributed by atoms with Gasteiger partial charge in [0.05, 0.1) is 34.1 Å². The highest BCUT2D eigenvalue weighted by Gasteiger charge is 2.28. The third-order valence-electron chi connectivity index (χ3n) is 6.49. The first-order valence-electron chi connectivity index (χ1n) is 11.9. The molecule has 0 bridgehead atoms. The molecule has 0 radical (unpaired) electrons. The normalized spacial score (nSPS) is 14.1. The van der Waals surface area contributed by atoms with Gasteiger partial charge in [0, 0.05) is 28.5 Å². The number of hydrogen-bond acceptors (Lipinski definition) is 5. The molecule has 1 aliphatic rings. The fourth-order valence-corrected chi connectivity index (χ4v) is 5.22. The summed E-state index contributed by atoms with van der Waals surface area (Å²) in [6, 6.07) is 9.04. The maximum Gasteiger partial charge on any atom is 0.291 e. The number of carbonyl (C=O) groups excluding carboxylic acids is 2. The fourth-order valence-electron chi connectivity index (χ4n) is 4.88. The Morgan fingerprint density at radius 1 is 1.11 bits per heavy atom. The second kappa shape index (κ2) is 10.1. The van der Waals surface area contributed by atoms with Crippen molar-refractivity contribution in [2.75, 3.05) is 5.32 Å². The van der Waals surface area contributed by atoms with Crippen molar-refractivity contribution in [3.63, 3.8) is 0 Å². The highest BCUT2D eigenvalue weighted by atomic mass is 35.5. The van der Waals surface area contributed by atoms with Crippen LogP contribution in [0.5, 0.6) is 0 Å². The monoisotopic (exact) mass is 537 g/mol. The minimum atomic E-state index is -0.433. The van der Waals surface area contributed by atoms with E-state index in [9.17, 15) is 9.59 Å². The quantitative estimate of drug-likeness (QED) is 0.270. The van der Waals surface area contributed by atoms with Gasteiger partial charge in [-0.05, 0) is 62.9 Å². The number of hydrazone groups is 1. The second-order valence-electron chi connectivity index (χ2n) is 9.25. The number of halogens is 2. The number of aryl methyl sites for hydroxylation is 3. The fraction of sp³-hybridized carbons (Fsp3) is 0.250. The maximum absolute atomic E-state index is 13.0. The lowest BCUT2D eigenvalue weighted by Crippen LogP contribution is -2.23. The standard InChI is InChI=1S/C28H25Cl2N3O4/c1-14-10-15(2)24-17(13-36-22(24)11-14)12-23(34)33-32-19-7-5-9-21-25(19)16(3)27(37-21)28(35)31-20-8-4-6-18(29)26(20)30/h4,6,8,10-11,13H,5,7,9,12H2,1-3H3,(H,31,35)(H,33,34)/b32-19+. The first-order valence-corrected chi connectivity index (χ1v) is 12.7. The predicted octanol–water partition coefficient (Wildman–Crippen LogP) is 6.91. The number of nitrogens with zero attached hydrogens (tertiary/aromatic N) is 1. The molecule has 2 aromatic heterocycles. The van der Waals surface area contributed by atoms with Crippen molar-refractivity contribution in [2.24, 2.45) is 5.10 Å². The van der Waals surface area contributed by atoms with Crippen LogP contribution in [0.3, 0.4) is 0 Å². The third-order valence-corrected chi connectivity index (χ3v) is 7.31. The molecule has 2 heterocycles. The van der Waals surface area contributed by atoms with Gasteiger partial charge in [0.25, 0.3) is 5.91 Å². The minimum Gasteiger partial charge on any atom is -0.464 e. The number of carbonyl (C=O) groups is 2. The summed E-state index contributed by atoms with van der Waals surface area (Å²) in [5.41, 5.74) is 8.92. The van der Waals surface area contributed by atoms with Crippen LogP contribution < -0.4 is 10.7 Å². The Kier molecular flexibility index (Phi) is 6.84. The molecule has 0 fully saturated rings. The Labute approximate surface area is 223 Å². The number of nitrogens with one attached hydrogen (secondary N) is 2. The molecule has 2 aromatic carbocycles. The van der Waals surface area contributed by atoms with Gasteiger partial charge in [0.1, 0.15) is 11.3 Å². The Hall–Kier alpha value is -3.55. The number of hydrogen-bond donors (Lipinski definition) is 2. The molecule has 4 aromatic rings. The lowest BCUT2D eigenvalue weighted by atomic mass is 9.93. The summed E-state index contributed by atoms with van der Waals surface area (Å²) in [6.07, 6.45) is 3.88. The molecule has 0 saturated heterocycles. The molecule has 0 saturated carbocycles. The van der Waals surface area contributed by atoms with Crippen LogP contribution in [0.25, 0.3) is 11.0 Å². The van der Waals surface area contributed by atoms with Gasteiger partial charge >= 0.3 is 0 Å². The molecule has 7 nitrogen and oxygen atoms in total. The molecule has 190 valence electrons. The molecule has 0 aliphatic heterocycles. The van der Waals surface area contributed by atoms with E-state index in [-0.39, 0.29) is 23.1 Å². The lowest BCUT2D eigenvalue weighted by Gasteiger charge is -2.13. The van der Waals surface area contributed by atoms with Crippen molar-refractivity contribution in [1.29, 1.82) is 0 Å². The Balaban J connectivity index is 1.35. The molecule has 5 rings (SSSR count). The summed E-state index contributed by atoms with van der Waals surface area (Å²) in [5.74, 6) is 0.164. The van der Waals surface area contributed by atoms with E-state index in [0.717, 1.165) is 39.6 Å². The third kappa shape index (κ3) is 4.89. The van der Waals surface area contributed by atoms with Crippen LogP contribution >= 0.6 is 23.2 Å². The number of fused-ring (bicyclic) bond motifs is 2. The van der Waals surface area contributed by atoms with E-state index in [1.54, 1.807) is 24.5 Å². The summed E-state index contributed by atoms with van der Waals surface area (Å²) in [6.45, 7) is 5.82. The van der Waals surface area contributed by atoms with E-state index in [1.807, 2.05) is 26.8 Å². The van der Waals surface area contributed by atoms with Gasteiger partial charge in [0.15, 0.2) is 5.76 Å². The topological polar surface area (TPSA) is 96.8 Å².